The van der Waals surface area contributed by atoms with E-state index in [4.69, 9.17) is 16.3 Å². The quantitative estimate of drug-likeness (QED) is 0.736. The molecule has 1 unspecified atom stereocenters. The third kappa shape index (κ3) is 5.81. The van der Waals surface area contributed by atoms with Crippen LogP contribution in [0.5, 0.6) is 5.75 Å². The molecule has 0 radical (unpaired) electrons. The number of hydrogen-bond acceptors (Lipinski definition) is 3. The molecule has 2 rings (SSSR count). The van der Waals surface area contributed by atoms with E-state index in [1.165, 1.54) is 11.8 Å². The van der Waals surface area contributed by atoms with Gasteiger partial charge in [0.25, 0.3) is 0 Å². The average Bonchev–Trinajstić information content (AvgIpc) is 2.55. The highest BCUT2D eigenvalue weighted by atomic mass is 35.5. The lowest BCUT2D eigenvalue weighted by molar-refractivity contribution is -0.119. The molecule has 3 nitrogen and oxygen atoms in total. The zero-order chi connectivity index (χ0) is 16.7. The van der Waals surface area contributed by atoms with Gasteiger partial charge in [-0.25, -0.2) is 0 Å². The van der Waals surface area contributed by atoms with Crippen molar-refractivity contribution in [2.45, 2.75) is 24.8 Å². The van der Waals surface area contributed by atoms with Crippen LogP contribution in [-0.2, 0) is 4.79 Å². The van der Waals surface area contributed by atoms with Crippen molar-refractivity contribution in [3.63, 3.8) is 0 Å². The molecule has 0 aromatic heterocycles. The van der Waals surface area contributed by atoms with Gasteiger partial charge >= 0.3 is 0 Å². The Labute approximate surface area is 146 Å². The Kier molecular flexibility index (Phi) is 6.81. The SMILES string of the molecule is CCOc1ccc(C(C)NC(=O)CSc2ccc(Cl)cc2)cc1. The summed E-state index contributed by atoms with van der Waals surface area (Å²) in [6, 6.07) is 15.2. The zero-order valence-electron chi connectivity index (χ0n) is 13.2. The Bertz CT molecular complexity index is 628. The number of amides is 1. The molecule has 1 atom stereocenters. The van der Waals surface area contributed by atoms with Gasteiger partial charge in [-0.3, -0.25) is 4.79 Å². The van der Waals surface area contributed by atoms with Crippen LogP contribution in [0.2, 0.25) is 5.02 Å². The van der Waals surface area contributed by atoms with Gasteiger partial charge in [0.15, 0.2) is 0 Å². The van der Waals surface area contributed by atoms with Crippen LogP contribution in [0.1, 0.15) is 25.5 Å². The molecular weight excluding hydrogens is 330 g/mol. The first kappa shape index (κ1) is 17.7. The molecule has 0 spiro atoms. The molecule has 1 amide bonds. The van der Waals surface area contributed by atoms with Gasteiger partial charge in [-0.05, 0) is 55.8 Å². The summed E-state index contributed by atoms with van der Waals surface area (Å²) in [5.41, 5.74) is 1.05. The van der Waals surface area contributed by atoms with E-state index < -0.39 is 0 Å². The Morgan fingerprint density at radius 2 is 1.83 bits per heavy atom. The molecule has 0 saturated heterocycles. The van der Waals surface area contributed by atoms with Crippen molar-refractivity contribution in [2.75, 3.05) is 12.4 Å². The fourth-order valence-electron chi connectivity index (χ4n) is 2.07. The summed E-state index contributed by atoms with van der Waals surface area (Å²) in [7, 11) is 0. The molecule has 0 fully saturated rings. The van der Waals surface area contributed by atoms with E-state index in [0.717, 1.165) is 16.2 Å². The van der Waals surface area contributed by atoms with E-state index in [9.17, 15) is 4.79 Å². The second-order valence-electron chi connectivity index (χ2n) is 5.03. The molecule has 0 aliphatic rings. The maximum absolute atomic E-state index is 12.1. The lowest BCUT2D eigenvalue weighted by Crippen LogP contribution is -2.28. The Morgan fingerprint density at radius 3 is 2.43 bits per heavy atom. The summed E-state index contributed by atoms with van der Waals surface area (Å²) in [5, 5.41) is 3.70. The van der Waals surface area contributed by atoms with Crippen molar-refractivity contribution in [2.24, 2.45) is 0 Å². The molecule has 0 heterocycles. The van der Waals surface area contributed by atoms with Crippen LogP contribution >= 0.6 is 23.4 Å². The normalized spacial score (nSPS) is 11.8. The predicted octanol–water partition coefficient (Wildman–Crippen LogP) is 4.71. The molecule has 0 aliphatic heterocycles. The van der Waals surface area contributed by atoms with E-state index in [2.05, 4.69) is 5.32 Å². The van der Waals surface area contributed by atoms with Gasteiger partial charge in [0, 0.05) is 9.92 Å². The van der Waals surface area contributed by atoms with Gasteiger partial charge in [-0.15, -0.1) is 11.8 Å². The minimum absolute atomic E-state index is 0.00587. The van der Waals surface area contributed by atoms with Crippen molar-refractivity contribution >= 4 is 29.3 Å². The van der Waals surface area contributed by atoms with Gasteiger partial charge in [-0.1, -0.05) is 23.7 Å². The lowest BCUT2D eigenvalue weighted by Gasteiger charge is -2.15. The highest BCUT2D eigenvalue weighted by molar-refractivity contribution is 8.00. The molecule has 0 aliphatic carbocycles. The van der Waals surface area contributed by atoms with Gasteiger partial charge in [-0.2, -0.15) is 0 Å². The maximum Gasteiger partial charge on any atom is 0.230 e. The summed E-state index contributed by atoms with van der Waals surface area (Å²) in [4.78, 5) is 13.1. The summed E-state index contributed by atoms with van der Waals surface area (Å²) in [6.07, 6.45) is 0. The molecular formula is C18H20ClNO2S. The van der Waals surface area contributed by atoms with Crippen LogP contribution in [0.4, 0.5) is 0 Å². The average molecular weight is 350 g/mol. The fourth-order valence-corrected chi connectivity index (χ4v) is 2.90. The smallest absolute Gasteiger partial charge is 0.230 e. The summed E-state index contributed by atoms with van der Waals surface area (Å²) < 4.78 is 5.42. The van der Waals surface area contributed by atoms with E-state index in [0.29, 0.717) is 17.4 Å². The van der Waals surface area contributed by atoms with Gasteiger partial charge in [0.05, 0.1) is 18.4 Å². The molecule has 0 saturated carbocycles. The van der Waals surface area contributed by atoms with Crippen LogP contribution in [0.3, 0.4) is 0 Å². The van der Waals surface area contributed by atoms with Crippen molar-refractivity contribution in [3.8, 4) is 5.75 Å². The number of benzene rings is 2. The first-order chi connectivity index (χ1) is 11.1. The van der Waals surface area contributed by atoms with Gasteiger partial charge in [0.1, 0.15) is 5.75 Å². The Hall–Kier alpha value is -1.65. The predicted molar refractivity (Wildman–Crippen MR) is 96.3 cm³/mol. The van der Waals surface area contributed by atoms with E-state index in [1.807, 2.05) is 62.4 Å². The topological polar surface area (TPSA) is 38.3 Å². The lowest BCUT2D eigenvalue weighted by atomic mass is 10.1. The van der Waals surface area contributed by atoms with Crippen LogP contribution in [0, 0.1) is 0 Å². The maximum atomic E-state index is 12.1. The van der Waals surface area contributed by atoms with Crippen LogP contribution in [-0.4, -0.2) is 18.3 Å². The number of halogens is 1. The standard InChI is InChI=1S/C18H20ClNO2S/c1-3-22-16-8-4-14(5-9-16)13(2)20-18(21)12-23-17-10-6-15(19)7-11-17/h4-11,13H,3,12H2,1-2H3,(H,20,21). The highest BCUT2D eigenvalue weighted by Gasteiger charge is 2.10. The monoisotopic (exact) mass is 349 g/mol. The summed E-state index contributed by atoms with van der Waals surface area (Å²) in [5.74, 6) is 1.22. The number of carbonyl (C=O) groups is 1. The number of rotatable bonds is 7. The van der Waals surface area contributed by atoms with Gasteiger partial charge < -0.3 is 10.1 Å². The Balaban J connectivity index is 1.82. The molecule has 122 valence electrons. The zero-order valence-corrected chi connectivity index (χ0v) is 14.8. The minimum atomic E-state index is -0.0380. The van der Waals surface area contributed by atoms with Crippen molar-refractivity contribution in [1.82, 2.24) is 5.32 Å². The van der Waals surface area contributed by atoms with Crippen LogP contribution in [0.25, 0.3) is 0 Å². The third-order valence-corrected chi connectivity index (χ3v) is 4.52. The fraction of sp³-hybridized carbons (Fsp3) is 0.278. The Morgan fingerprint density at radius 1 is 1.17 bits per heavy atom. The molecule has 23 heavy (non-hydrogen) atoms. The van der Waals surface area contributed by atoms with Crippen molar-refractivity contribution in [3.05, 3.63) is 59.1 Å². The van der Waals surface area contributed by atoms with Crippen molar-refractivity contribution < 1.29 is 9.53 Å². The van der Waals surface area contributed by atoms with E-state index >= 15 is 0 Å². The third-order valence-electron chi connectivity index (χ3n) is 3.25. The number of carbonyl (C=O) groups excluding carboxylic acids is 1. The summed E-state index contributed by atoms with van der Waals surface area (Å²) in [6.45, 7) is 4.57. The molecule has 1 N–H and O–H groups in total. The molecule has 5 heteroatoms. The van der Waals surface area contributed by atoms with E-state index in [1.54, 1.807) is 0 Å². The first-order valence-electron chi connectivity index (χ1n) is 7.49. The van der Waals surface area contributed by atoms with Crippen LogP contribution < -0.4 is 10.1 Å². The largest absolute Gasteiger partial charge is 0.494 e. The number of ether oxygens (including phenoxy) is 1. The number of nitrogens with one attached hydrogen (secondary N) is 1. The molecule has 2 aromatic carbocycles. The van der Waals surface area contributed by atoms with E-state index in [-0.39, 0.29) is 11.9 Å². The van der Waals surface area contributed by atoms with Crippen LogP contribution in [0.15, 0.2) is 53.4 Å². The first-order valence-corrected chi connectivity index (χ1v) is 8.85. The second kappa shape index (κ2) is 8.85. The molecule has 2 aromatic rings. The number of thioether (sulfide) groups is 1. The van der Waals surface area contributed by atoms with Crippen molar-refractivity contribution in [1.29, 1.82) is 0 Å². The minimum Gasteiger partial charge on any atom is -0.494 e. The second-order valence-corrected chi connectivity index (χ2v) is 6.52. The number of hydrogen-bond donors (Lipinski definition) is 1. The summed E-state index contributed by atoms with van der Waals surface area (Å²) >= 11 is 7.34. The molecule has 0 bridgehead atoms. The van der Waals surface area contributed by atoms with Gasteiger partial charge in [0.2, 0.25) is 5.91 Å². The highest BCUT2D eigenvalue weighted by Crippen LogP contribution is 2.21.